The average molecular weight is 277 g/mol. The molecule has 4 nitrogen and oxygen atoms in total. The van der Waals surface area contributed by atoms with Crippen molar-refractivity contribution in [2.75, 3.05) is 0 Å². The fourth-order valence-corrected chi connectivity index (χ4v) is 2.93. The predicted molar refractivity (Wildman–Crippen MR) is 81.6 cm³/mol. The Morgan fingerprint density at radius 2 is 1.95 bits per heavy atom. The Kier molecular flexibility index (Phi) is 2.74. The highest BCUT2D eigenvalue weighted by molar-refractivity contribution is 6.28. The van der Waals surface area contributed by atoms with Crippen LogP contribution in [0.2, 0.25) is 0 Å². The SMILES string of the molecule is O=C1NN=C([C@@H]2C[C@H]2c2ccccc2)C1=Cc1ccc[nH]1. The number of carbonyl (C=O) groups is 1. The van der Waals surface area contributed by atoms with Crippen LogP contribution in [-0.4, -0.2) is 16.6 Å². The third kappa shape index (κ3) is 2.18. The molecule has 0 saturated heterocycles. The molecule has 21 heavy (non-hydrogen) atoms. The summed E-state index contributed by atoms with van der Waals surface area (Å²) in [4.78, 5) is 15.1. The van der Waals surface area contributed by atoms with Crippen LogP contribution in [0.4, 0.5) is 0 Å². The van der Waals surface area contributed by atoms with E-state index in [4.69, 9.17) is 0 Å². The topological polar surface area (TPSA) is 57.2 Å². The Bertz CT molecular complexity index is 729. The number of hydrogen-bond donors (Lipinski definition) is 2. The molecule has 4 heteroatoms. The van der Waals surface area contributed by atoms with E-state index in [9.17, 15) is 4.79 Å². The Labute approximate surface area is 122 Å². The number of nitrogens with zero attached hydrogens (tertiary/aromatic N) is 1. The van der Waals surface area contributed by atoms with Gasteiger partial charge in [-0.2, -0.15) is 5.10 Å². The second-order valence-electron chi connectivity index (χ2n) is 5.48. The van der Waals surface area contributed by atoms with E-state index in [1.54, 1.807) is 0 Å². The van der Waals surface area contributed by atoms with Gasteiger partial charge in [0.25, 0.3) is 5.91 Å². The van der Waals surface area contributed by atoms with Crippen molar-refractivity contribution >= 4 is 17.7 Å². The van der Waals surface area contributed by atoms with Crippen LogP contribution < -0.4 is 5.43 Å². The molecule has 4 rings (SSSR count). The van der Waals surface area contributed by atoms with Crippen LogP contribution in [0.25, 0.3) is 6.08 Å². The Balaban J connectivity index is 1.60. The van der Waals surface area contributed by atoms with E-state index in [1.165, 1.54) is 5.56 Å². The van der Waals surface area contributed by atoms with Crippen molar-refractivity contribution in [1.29, 1.82) is 0 Å². The second kappa shape index (κ2) is 4.74. The Hall–Kier alpha value is -2.62. The summed E-state index contributed by atoms with van der Waals surface area (Å²) in [5, 5.41) is 4.25. The number of amides is 1. The summed E-state index contributed by atoms with van der Waals surface area (Å²) in [7, 11) is 0. The molecule has 1 aromatic carbocycles. The van der Waals surface area contributed by atoms with Gasteiger partial charge in [-0.05, 0) is 36.1 Å². The number of benzene rings is 1. The van der Waals surface area contributed by atoms with Gasteiger partial charge in [-0.15, -0.1) is 0 Å². The maximum atomic E-state index is 12.0. The van der Waals surface area contributed by atoms with Gasteiger partial charge in [0.1, 0.15) is 0 Å². The van der Waals surface area contributed by atoms with Gasteiger partial charge < -0.3 is 4.98 Å². The standard InChI is InChI=1S/C17H15N3O/c21-17-15(9-12-7-4-8-18-12)16(19-20-17)14-10-13(14)11-5-2-1-3-6-11/h1-9,13-14,18H,10H2,(H,20,21)/t13-,14+/m0/s1. The second-order valence-corrected chi connectivity index (χ2v) is 5.48. The van der Waals surface area contributed by atoms with E-state index in [-0.39, 0.29) is 5.91 Å². The minimum atomic E-state index is -0.113. The van der Waals surface area contributed by atoms with Crippen LogP contribution in [0.3, 0.4) is 0 Å². The first-order valence-corrected chi connectivity index (χ1v) is 7.11. The third-order valence-electron chi connectivity index (χ3n) is 4.09. The first kappa shape index (κ1) is 12.1. The van der Waals surface area contributed by atoms with Crippen molar-refractivity contribution in [2.45, 2.75) is 12.3 Å². The van der Waals surface area contributed by atoms with E-state index >= 15 is 0 Å². The van der Waals surface area contributed by atoms with Gasteiger partial charge in [-0.25, -0.2) is 5.43 Å². The number of aromatic nitrogens is 1. The Morgan fingerprint density at radius 3 is 2.71 bits per heavy atom. The number of carbonyl (C=O) groups excluding carboxylic acids is 1. The molecule has 2 aromatic rings. The maximum Gasteiger partial charge on any atom is 0.273 e. The van der Waals surface area contributed by atoms with E-state index in [1.807, 2.05) is 30.5 Å². The van der Waals surface area contributed by atoms with Crippen LogP contribution in [0.1, 0.15) is 23.6 Å². The van der Waals surface area contributed by atoms with Gasteiger partial charge in [0, 0.05) is 17.8 Å². The molecular weight excluding hydrogens is 262 g/mol. The zero-order valence-corrected chi connectivity index (χ0v) is 11.4. The number of rotatable bonds is 3. The summed E-state index contributed by atoms with van der Waals surface area (Å²) in [6.45, 7) is 0. The molecule has 2 atom stereocenters. The number of hydrogen-bond acceptors (Lipinski definition) is 2. The summed E-state index contributed by atoms with van der Waals surface area (Å²) in [5.74, 6) is 0.704. The van der Waals surface area contributed by atoms with Gasteiger partial charge in [0.15, 0.2) is 0 Å². The molecule has 1 saturated carbocycles. The van der Waals surface area contributed by atoms with Crippen molar-refractivity contribution in [2.24, 2.45) is 11.0 Å². The van der Waals surface area contributed by atoms with Crippen LogP contribution in [0.15, 0.2) is 59.3 Å². The molecule has 2 heterocycles. The molecule has 2 aliphatic rings. The average Bonchev–Trinajstić information content (AvgIpc) is 2.97. The fraction of sp³-hybridized carbons (Fsp3) is 0.176. The zero-order chi connectivity index (χ0) is 14.2. The van der Waals surface area contributed by atoms with E-state index < -0.39 is 0 Å². The minimum Gasteiger partial charge on any atom is -0.362 e. The fourth-order valence-electron chi connectivity index (χ4n) is 2.93. The number of aromatic amines is 1. The van der Waals surface area contributed by atoms with Crippen molar-refractivity contribution in [1.82, 2.24) is 10.4 Å². The lowest BCUT2D eigenvalue weighted by atomic mass is 10.0. The van der Waals surface area contributed by atoms with Gasteiger partial charge >= 0.3 is 0 Å². The maximum absolute atomic E-state index is 12.0. The molecule has 0 bridgehead atoms. The summed E-state index contributed by atoms with van der Waals surface area (Å²) in [5.41, 5.74) is 6.41. The van der Waals surface area contributed by atoms with Crippen LogP contribution >= 0.6 is 0 Å². The summed E-state index contributed by atoms with van der Waals surface area (Å²) in [6.07, 6.45) is 4.78. The van der Waals surface area contributed by atoms with Crippen LogP contribution in [0, 0.1) is 5.92 Å². The Morgan fingerprint density at radius 1 is 1.10 bits per heavy atom. The largest absolute Gasteiger partial charge is 0.362 e. The number of hydrazone groups is 1. The van der Waals surface area contributed by atoms with Gasteiger partial charge in [0.2, 0.25) is 0 Å². The van der Waals surface area contributed by atoms with Crippen molar-refractivity contribution in [3.8, 4) is 0 Å². The monoisotopic (exact) mass is 277 g/mol. The van der Waals surface area contributed by atoms with Crippen molar-refractivity contribution in [3.63, 3.8) is 0 Å². The minimum absolute atomic E-state index is 0.113. The quantitative estimate of drug-likeness (QED) is 0.833. The summed E-state index contributed by atoms with van der Waals surface area (Å²) < 4.78 is 0. The van der Waals surface area contributed by atoms with Crippen molar-refractivity contribution < 1.29 is 4.79 Å². The van der Waals surface area contributed by atoms with E-state index in [0.717, 1.165) is 17.8 Å². The third-order valence-corrected chi connectivity index (χ3v) is 4.09. The first-order valence-electron chi connectivity index (χ1n) is 7.11. The van der Waals surface area contributed by atoms with Gasteiger partial charge in [-0.3, -0.25) is 4.79 Å². The van der Waals surface area contributed by atoms with Gasteiger partial charge in [0.05, 0.1) is 11.3 Å². The molecule has 2 N–H and O–H groups in total. The lowest BCUT2D eigenvalue weighted by Gasteiger charge is -2.01. The van der Waals surface area contributed by atoms with Crippen LogP contribution in [-0.2, 0) is 4.79 Å². The highest BCUT2D eigenvalue weighted by Crippen LogP contribution is 2.50. The summed E-state index contributed by atoms with van der Waals surface area (Å²) in [6, 6.07) is 14.3. The van der Waals surface area contributed by atoms with Crippen molar-refractivity contribution in [3.05, 3.63) is 65.5 Å². The van der Waals surface area contributed by atoms with Gasteiger partial charge in [-0.1, -0.05) is 30.3 Å². The lowest BCUT2D eigenvalue weighted by molar-refractivity contribution is -0.116. The molecule has 0 unspecified atom stereocenters. The normalized spacial score (nSPS) is 25.8. The zero-order valence-electron chi connectivity index (χ0n) is 11.4. The molecule has 1 aliphatic carbocycles. The highest BCUT2D eigenvalue weighted by Gasteiger charge is 2.45. The molecule has 1 amide bonds. The summed E-state index contributed by atoms with van der Waals surface area (Å²) >= 11 is 0. The predicted octanol–water partition coefficient (Wildman–Crippen LogP) is 2.69. The molecule has 104 valence electrons. The molecule has 0 spiro atoms. The first-order chi connectivity index (χ1) is 10.3. The van der Waals surface area contributed by atoms with E-state index in [0.29, 0.717) is 17.4 Å². The number of nitrogens with one attached hydrogen (secondary N) is 2. The molecule has 1 fully saturated rings. The molecule has 1 aromatic heterocycles. The molecular formula is C17H15N3O. The lowest BCUT2D eigenvalue weighted by Crippen LogP contribution is -2.14. The molecule has 1 aliphatic heterocycles. The van der Waals surface area contributed by atoms with Crippen LogP contribution in [0.5, 0.6) is 0 Å². The number of H-pyrrole nitrogens is 1. The highest BCUT2D eigenvalue weighted by atomic mass is 16.2. The van der Waals surface area contributed by atoms with E-state index in [2.05, 4.69) is 39.8 Å². The smallest absolute Gasteiger partial charge is 0.273 e. The molecule has 0 radical (unpaired) electrons.